The van der Waals surface area contributed by atoms with E-state index in [0.29, 0.717) is 48.3 Å². The summed E-state index contributed by atoms with van der Waals surface area (Å²) in [6.45, 7) is 1.15. The molecule has 2 heterocycles. The molecule has 31 heavy (non-hydrogen) atoms. The van der Waals surface area contributed by atoms with Crippen LogP contribution in [0.15, 0.2) is 51.9 Å². The molecule has 1 aromatic heterocycles. The van der Waals surface area contributed by atoms with Crippen LogP contribution in [0, 0.1) is 0 Å². The van der Waals surface area contributed by atoms with E-state index >= 15 is 0 Å². The monoisotopic (exact) mass is 443 g/mol. The number of piperidine rings is 1. The Morgan fingerprint density at radius 2 is 1.61 bits per heavy atom. The molecule has 8 nitrogen and oxygen atoms in total. The maximum absolute atomic E-state index is 12.8. The fourth-order valence-electron chi connectivity index (χ4n) is 3.62. The van der Waals surface area contributed by atoms with Gasteiger partial charge in [-0.15, -0.1) is 0 Å². The number of rotatable bonds is 7. The number of nitrogens with zero attached hydrogens (tertiary/aromatic N) is 3. The van der Waals surface area contributed by atoms with Gasteiger partial charge >= 0.3 is 0 Å². The molecule has 0 saturated carbocycles. The molecule has 9 heteroatoms. The molecule has 0 spiro atoms. The van der Waals surface area contributed by atoms with Gasteiger partial charge in [-0.3, -0.25) is 0 Å². The predicted molar refractivity (Wildman–Crippen MR) is 115 cm³/mol. The van der Waals surface area contributed by atoms with E-state index in [1.54, 1.807) is 48.9 Å². The molecule has 0 unspecified atom stereocenters. The Morgan fingerprint density at radius 3 is 2.23 bits per heavy atom. The van der Waals surface area contributed by atoms with Crippen LogP contribution in [-0.4, -0.2) is 50.2 Å². The van der Waals surface area contributed by atoms with Gasteiger partial charge in [0.05, 0.1) is 25.5 Å². The number of aromatic nitrogens is 2. The highest BCUT2D eigenvalue weighted by Gasteiger charge is 2.26. The van der Waals surface area contributed by atoms with E-state index in [1.165, 1.54) is 0 Å². The molecule has 3 aromatic rings. The Morgan fingerprint density at radius 1 is 0.968 bits per heavy atom. The summed E-state index contributed by atoms with van der Waals surface area (Å²) in [5.74, 6) is 2.21. The lowest BCUT2D eigenvalue weighted by atomic mass is 10.1. The molecule has 4 rings (SSSR count). The summed E-state index contributed by atoms with van der Waals surface area (Å²) in [5, 5.41) is 4.04. The van der Waals surface area contributed by atoms with Crippen LogP contribution >= 0.6 is 0 Å². The van der Waals surface area contributed by atoms with Crippen molar-refractivity contribution < 1.29 is 22.4 Å². The minimum atomic E-state index is -3.46. The highest BCUT2D eigenvalue weighted by atomic mass is 32.2. The zero-order valence-electron chi connectivity index (χ0n) is 17.6. The average molecular weight is 444 g/mol. The van der Waals surface area contributed by atoms with Crippen molar-refractivity contribution in [2.24, 2.45) is 0 Å². The molecule has 1 aliphatic rings. The van der Waals surface area contributed by atoms with Gasteiger partial charge in [0.1, 0.15) is 11.5 Å². The Labute approximate surface area is 181 Å². The zero-order chi connectivity index (χ0) is 21.8. The average Bonchev–Trinajstić information content (AvgIpc) is 3.27. The van der Waals surface area contributed by atoms with Crippen molar-refractivity contribution in [2.45, 2.75) is 30.6 Å². The first-order valence-corrected chi connectivity index (χ1v) is 11.6. The molecule has 0 aliphatic carbocycles. The molecule has 1 fully saturated rings. The number of hydrogen-bond donors (Lipinski definition) is 0. The fourth-order valence-corrected chi connectivity index (χ4v) is 5.13. The smallest absolute Gasteiger partial charge is 0.243 e. The molecule has 0 bridgehead atoms. The van der Waals surface area contributed by atoms with Crippen molar-refractivity contribution >= 4 is 10.0 Å². The van der Waals surface area contributed by atoms with Gasteiger partial charge in [-0.05, 0) is 54.8 Å². The normalized spacial score (nSPS) is 15.0. The third kappa shape index (κ3) is 4.72. The summed E-state index contributed by atoms with van der Waals surface area (Å²) in [7, 11) is -0.273. The van der Waals surface area contributed by atoms with Crippen LogP contribution in [-0.2, 0) is 16.4 Å². The molecule has 0 atom stereocenters. The van der Waals surface area contributed by atoms with Crippen LogP contribution in [0.5, 0.6) is 11.5 Å². The van der Waals surface area contributed by atoms with Crippen LogP contribution in [0.25, 0.3) is 11.4 Å². The molecule has 0 radical (unpaired) electrons. The maximum Gasteiger partial charge on any atom is 0.243 e. The van der Waals surface area contributed by atoms with Crippen LogP contribution in [0.1, 0.15) is 30.7 Å². The first kappa shape index (κ1) is 21.3. The standard InChI is InChI=1S/C22H25N3O5S/c1-28-18-12-16(13-19(15-18)29-2)14-21-23-22(24-30-21)17-6-8-20(9-7-17)31(26,27)25-10-4-3-5-11-25/h6-9,12-13,15H,3-5,10-11,14H2,1-2H3. The minimum absolute atomic E-state index is 0.283. The molecule has 1 saturated heterocycles. The number of benzene rings is 2. The van der Waals surface area contributed by atoms with E-state index in [9.17, 15) is 8.42 Å². The van der Waals surface area contributed by atoms with Crippen LogP contribution < -0.4 is 9.47 Å². The van der Waals surface area contributed by atoms with Gasteiger partial charge in [0.15, 0.2) is 0 Å². The molecule has 0 amide bonds. The van der Waals surface area contributed by atoms with Crippen LogP contribution in [0.2, 0.25) is 0 Å². The molecule has 164 valence electrons. The van der Waals surface area contributed by atoms with Crippen molar-refractivity contribution in [1.29, 1.82) is 0 Å². The zero-order valence-corrected chi connectivity index (χ0v) is 18.4. The first-order chi connectivity index (χ1) is 15.0. The molecular weight excluding hydrogens is 418 g/mol. The van der Waals surface area contributed by atoms with E-state index in [2.05, 4.69) is 10.1 Å². The quantitative estimate of drug-likeness (QED) is 0.551. The highest BCUT2D eigenvalue weighted by molar-refractivity contribution is 7.89. The van der Waals surface area contributed by atoms with Crippen LogP contribution in [0.4, 0.5) is 0 Å². The molecule has 2 aromatic carbocycles. The third-order valence-corrected chi connectivity index (χ3v) is 7.21. The molecule has 0 N–H and O–H groups in total. The van der Waals surface area contributed by atoms with Gasteiger partial charge < -0.3 is 14.0 Å². The molecule has 1 aliphatic heterocycles. The second kappa shape index (κ2) is 9.07. The van der Waals surface area contributed by atoms with Gasteiger partial charge in [0.2, 0.25) is 21.7 Å². The van der Waals surface area contributed by atoms with Crippen LogP contribution in [0.3, 0.4) is 0 Å². The topological polar surface area (TPSA) is 94.8 Å². The van der Waals surface area contributed by atoms with Crippen molar-refractivity contribution in [3.63, 3.8) is 0 Å². The van der Waals surface area contributed by atoms with Gasteiger partial charge in [-0.25, -0.2) is 8.42 Å². The number of sulfonamides is 1. The Kier molecular flexibility index (Phi) is 6.24. The van der Waals surface area contributed by atoms with Gasteiger partial charge in [0, 0.05) is 24.7 Å². The first-order valence-electron chi connectivity index (χ1n) is 10.1. The van der Waals surface area contributed by atoms with E-state index in [4.69, 9.17) is 14.0 Å². The largest absolute Gasteiger partial charge is 0.497 e. The SMILES string of the molecule is COc1cc(Cc2nc(-c3ccc(S(=O)(=O)N4CCCCC4)cc3)no2)cc(OC)c1. The minimum Gasteiger partial charge on any atom is -0.497 e. The Hall–Kier alpha value is -2.91. The van der Waals surface area contributed by atoms with Crippen molar-refractivity contribution in [1.82, 2.24) is 14.4 Å². The van der Waals surface area contributed by atoms with E-state index in [-0.39, 0.29) is 4.90 Å². The van der Waals surface area contributed by atoms with Gasteiger partial charge in [-0.1, -0.05) is 11.6 Å². The maximum atomic E-state index is 12.8. The third-order valence-electron chi connectivity index (χ3n) is 5.30. The van der Waals surface area contributed by atoms with Crippen molar-refractivity contribution in [3.8, 4) is 22.9 Å². The molecular formula is C22H25N3O5S. The Bertz CT molecular complexity index is 1110. The van der Waals surface area contributed by atoms with Crippen molar-refractivity contribution in [3.05, 3.63) is 53.9 Å². The summed E-state index contributed by atoms with van der Waals surface area (Å²) in [6.07, 6.45) is 3.31. The lowest BCUT2D eigenvalue weighted by Crippen LogP contribution is -2.35. The lowest BCUT2D eigenvalue weighted by molar-refractivity contribution is 0.346. The summed E-state index contributed by atoms with van der Waals surface area (Å²) >= 11 is 0. The lowest BCUT2D eigenvalue weighted by Gasteiger charge is -2.25. The highest BCUT2D eigenvalue weighted by Crippen LogP contribution is 2.26. The summed E-state index contributed by atoms with van der Waals surface area (Å²) < 4.78 is 43.1. The predicted octanol–water partition coefficient (Wildman–Crippen LogP) is 3.52. The van der Waals surface area contributed by atoms with Gasteiger partial charge in [0.25, 0.3) is 0 Å². The van der Waals surface area contributed by atoms with E-state index in [0.717, 1.165) is 24.8 Å². The van der Waals surface area contributed by atoms with E-state index in [1.807, 2.05) is 12.1 Å². The number of hydrogen-bond acceptors (Lipinski definition) is 7. The van der Waals surface area contributed by atoms with Gasteiger partial charge in [-0.2, -0.15) is 9.29 Å². The number of methoxy groups -OCH3 is 2. The summed E-state index contributed by atoms with van der Waals surface area (Å²) in [4.78, 5) is 4.73. The second-order valence-electron chi connectivity index (χ2n) is 7.40. The van der Waals surface area contributed by atoms with E-state index < -0.39 is 10.0 Å². The summed E-state index contributed by atoms with van der Waals surface area (Å²) in [6, 6.07) is 12.2. The second-order valence-corrected chi connectivity index (χ2v) is 9.34. The van der Waals surface area contributed by atoms with Crippen molar-refractivity contribution in [2.75, 3.05) is 27.3 Å². The summed E-state index contributed by atoms with van der Waals surface area (Å²) in [5.41, 5.74) is 1.60. The fraction of sp³-hybridized carbons (Fsp3) is 0.364. The Balaban J connectivity index is 1.50. The number of ether oxygens (including phenoxy) is 2.